The molecule has 7 heteroatoms. The fourth-order valence-electron chi connectivity index (χ4n) is 3.41. The van der Waals surface area contributed by atoms with E-state index in [-0.39, 0.29) is 24.7 Å². The first-order chi connectivity index (χ1) is 15.1. The van der Waals surface area contributed by atoms with E-state index in [4.69, 9.17) is 4.74 Å². The van der Waals surface area contributed by atoms with Crippen LogP contribution in [0, 0.1) is 0 Å². The highest BCUT2D eigenvalue weighted by atomic mass is 16.5. The summed E-state index contributed by atoms with van der Waals surface area (Å²) in [6.45, 7) is 4.72. The number of hydrogen-bond donors (Lipinski definition) is 1. The highest BCUT2D eigenvalue weighted by Crippen LogP contribution is 2.19. The molecule has 0 spiro atoms. The minimum Gasteiger partial charge on any atom is -0.465 e. The Balaban J connectivity index is 1.77. The summed E-state index contributed by atoms with van der Waals surface area (Å²) < 4.78 is 6.84. The Morgan fingerprint density at radius 2 is 1.84 bits per heavy atom. The Labute approximate surface area is 182 Å². The van der Waals surface area contributed by atoms with E-state index in [1.807, 2.05) is 60.1 Å². The third-order valence-electron chi connectivity index (χ3n) is 4.96. The van der Waals surface area contributed by atoms with Crippen LogP contribution in [0.3, 0.4) is 0 Å². The molecule has 3 rings (SSSR count). The lowest BCUT2D eigenvalue weighted by Gasteiger charge is -2.18. The molecule has 0 saturated carbocycles. The smallest absolute Gasteiger partial charge is 0.319 e. The molecular weight excluding hydrogens is 392 g/mol. The molecular formula is C24H28N4O3. The molecule has 3 aromatic rings. The molecule has 2 heterocycles. The lowest BCUT2D eigenvalue weighted by Crippen LogP contribution is -2.42. The van der Waals surface area contributed by atoms with Crippen molar-refractivity contribution in [2.45, 2.75) is 39.3 Å². The average Bonchev–Trinajstić information content (AvgIpc) is 3.21. The van der Waals surface area contributed by atoms with Crippen LogP contribution in [0.5, 0.6) is 0 Å². The van der Waals surface area contributed by atoms with Gasteiger partial charge in [-0.05, 0) is 44.0 Å². The topological polar surface area (TPSA) is 86.1 Å². The van der Waals surface area contributed by atoms with E-state index in [1.165, 1.54) is 0 Å². The van der Waals surface area contributed by atoms with Crippen LogP contribution in [0.15, 0.2) is 60.9 Å². The number of carbonyl (C=O) groups is 2. The van der Waals surface area contributed by atoms with Crippen molar-refractivity contribution in [2.24, 2.45) is 0 Å². The molecule has 0 aliphatic heterocycles. The molecule has 0 saturated heterocycles. The van der Waals surface area contributed by atoms with Crippen LogP contribution in [-0.2, 0) is 33.7 Å². The molecule has 1 aromatic carbocycles. The number of nitrogens with zero attached hydrogens (tertiary/aromatic N) is 3. The second-order valence-electron chi connectivity index (χ2n) is 7.14. The quantitative estimate of drug-likeness (QED) is 0.480. The van der Waals surface area contributed by atoms with Crippen molar-refractivity contribution in [1.82, 2.24) is 20.1 Å². The molecule has 0 aliphatic carbocycles. The Bertz CT molecular complexity index is 987. The molecule has 0 radical (unpaired) electrons. The van der Waals surface area contributed by atoms with Crippen LogP contribution in [0.1, 0.15) is 25.1 Å². The summed E-state index contributed by atoms with van der Waals surface area (Å²) in [6, 6.07) is 15.0. The third kappa shape index (κ3) is 6.33. The zero-order valence-corrected chi connectivity index (χ0v) is 18.0. The number of rotatable bonds is 11. The standard InChI is InChI=1S/C24H28N4O3/c1-3-28-20(15-21(27-28)19-10-12-25-13-11-19)16-23(29)22(26-17-24(30)31-4-2)14-18-8-6-5-7-9-18/h5-13,15,22,26H,3-4,14,16-17H2,1-2H3/t22-/m0/s1. The summed E-state index contributed by atoms with van der Waals surface area (Å²) in [7, 11) is 0. The average molecular weight is 421 g/mol. The van der Waals surface area contributed by atoms with Crippen molar-refractivity contribution in [3.63, 3.8) is 0 Å². The van der Waals surface area contributed by atoms with Crippen molar-refractivity contribution < 1.29 is 14.3 Å². The lowest BCUT2D eigenvalue weighted by molar-refractivity contribution is -0.142. The van der Waals surface area contributed by atoms with Crippen LogP contribution in [0.4, 0.5) is 0 Å². The van der Waals surface area contributed by atoms with Gasteiger partial charge in [-0.3, -0.25) is 24.6 Å². The van der Waals surface area contributed by atoms with Gasteiger partial charge in [0.15, 0.2) is 5.78 Å². The van der Waals surface area contributed by atoms with Crippen LogP contribution >= 0.6 is 0 Å². The van der Waals surface area contributed by atoms with Gasteiger partial charge < -0.3 is 4.74 Å². The maximum absolute atomic E-state index is 13.2. The Kier molecular flexibility index (Phi) is 8.06. The van der Waals surface area contributed by atoms with Gasteiger partial charge in [-0.2, -0.15) is 5.10 Å². The molecule has 1 atom stereocenters. The zero-order valence-electron chi connectivity index (χ0n) is 18.0. The number of benzene rings is 1. The summed E-state index contributed by atoms with van der Waals surface area (Å²) >= 11 is 0. The van der Waals surface area contributed by atoms with Gasteiger partial charge in [-0.15, -0.1) is 0 Å². The zero-order chi connectivity index (χ0) is 22.1. The normalized spacial score (nSPS) is 11.8. The van der Waals surface area contributed by atoms with E-state index in [0.717, 1.165) is 22.5 Å². The second kappa shape index (κ2) is 11.2. The molecule has 0 bridgehead atoms. The summed E-state index contributed by atoms with van der Waals surface area (Å²) in [5.41, 5.74) is 3.64. The van der Waals surface area contributed by atoms with Gasteiger partial charge in [-0.25, -0.2) is 0 Å². The van der Waals surface area contributed by atoms with E-state index in [1.54, 1.807) is 19.3 Å². The van der Waals surface area contributed by atoms with E-state index in [2.05, 4.69) is 15.4 Å². The maximum atomic E-state index is 13.2. The van der Waals surface area contributed by atoms with Gasteiger partial charge in [0.1, 0.15) is 0 Å². The molecule has 0 fully saturated rings. The number of Topliss-reactive ketones (excluding diaryl/α,β-unsaturated/α-hetero) is 1. The van der Waals surface area contributed by atoms with E-state index in [0.29, 0.717) is 19.6 Å². The van der Waals surface area contributed by atoms with Gasteiger partial charge in [0.25, 0.3) is 0 Å². The van der Waals surface area contributed by atoms with Gasteiger partial charge >= 0.3 is 5.97 Å². The first kappa shape index (κ1) is 22.4. The largest absolute Gasteiger partial charge is 0.465 e. The number of aromatic nitrogens is 3. The van der Waals surface area contributed by atoms with Crippen LogP contribution < -0.4 is 5.32 Å². The minimum absolute atomic E-state index is 0.00373. The van der Waals surface area contributed by atoms with Crippen LogP contribution in [-0.4, -0.2) is 45.7 Å². The number of carbonyl (C=O) groups excluding carboxylic acids is 2. The van der Waals surface area contributed by atoms with Gasteiger partial charge in [0, 0.05) is 30.2 Å². The van der Waals surface area contributed by atoms with Crippen molar-refractivity contribution in [3.8, 4) is 11.3 Å². The molecule has 7 nitrogen and oxygen atoms in total. The highest BCUT2D eigenvalue weighted by Gasteiger charge is 2.22. The molecule has 162 valence electrons. The van der Waals surface area contributed by atoms with E-state index >= 15 is 0 Å². The summed E-state index contributed by atoms with van der Waals surface area (Å²) in [5.74, 6) is -0.365. The van der Waals surface area contributed by atoms with E-state index in [9.17, 15) is 9.59 Å². The fraction of sp³-hybridized carbons (Fsp3) is 0.333. The Hall–Kier alpha value is -3.32. The molecule has 2 aromatic heterocycles. The molecule has 0 amide bonds. The first-order valence-corrected chi connectivity index (χ1v) is 10.5. The summed E-state index contributed by atoms with van der Waals surface area (Å²) in [5, 5.41) is 7.72. The van der Waals surface area contributed by atoms with Crippen LogP contribution in [0.2, 0.25) is 0 Å². The number of pyridine rings is 1. The van der Waals surface area contributed by atoms with Crippen molar-refractivity contribution >= 4 is 11.8 Å². The number of ether oxygens (including phenoxy) is 1. The lowest BCUT2D eigenvalue weighted by atomic mass is 9.99. The third-order valence-corrected chi connectivity index (χ3v) is 4.96. The van der Waals surface area contributed by atoms with Crippen molar-refractivity contribution in [3.05, 3.63) is 72.2 Å². The second-order valence-corrected chi connectivity index (χ2v) is 7.14. The number of esters is 1. The molecule has 0 unspecified atom stereocenters. The van der Waals surface area contributed by atoms with Gasteiger partial charge in [0.2, 0.25) is 0 Å². The summed E-state index contributed by atoms with van der Waals surface area (Å²) in [4.78, 5) is 29.1. The maximum Gasteiger partial charge on any atom is 0.319 e. The summed E-state index contributed by atoms with van der Waals surface area (Å²) in [6.07, 6.45) is 4.16. The molecule has 0 aliphatic rings. The fourth-order valence-corrected chi connectivity index (χ4v) is 3.41. The molecule has 31 heavy (non-hydrogen) atoms. The van der Waals surface area contributed by atoms with Gasteiger partial charge in [0.05, 0.1) is 31.3 Å². The monoisotopic (exact) mass is 420 g/mol. The van der Waals surface area contributed by atoms with E-state index < -0.39 is 6.04 Å². The molecule has 1 N–H and O–H groups in total. The SMILES string of the molecule is CCOC(=O)CN[C@@H](Cc1ccccc1)C(=O)Cc1cc(-c2ccncc2)nn1CC. The predicted molar refractivity (Wildman–Crippen MR) is 118 cm³/mol. The van der Waals surface area contributed by atoms with Crippen molar-refractivity contribution in [2.75, 3.05) is 13.2 Å². The minimum atomic E-state index is -0.503. The number of nitrogens with one attached hydrogen (secondary N) is 1. The Morgan fingerprint density at radius 1 is 1.10 bits per heavy atom. The highest BCUT2D eigenvalue weighted by molar-refractivity contribution is 5.87. The predicted octanol–water partition coefficient (Wildman–Crippen LogP) is 2.84. The number of hydrogen-bond acceptors (Lipinski definition) is 6. The number of ketones is 1. The van der Waals surface area contributed by atoms with Crippen molar-refractivity contribution in [1.29, 1.82) is 0 Å². The first-order valence-electron chi connectivity index (χ1n) is 10.5. The van der Waals surface area contributed by atoms with Gasteiger partial charge in [-0.1, -0.05) is 30.3 Å². The Morgan fingerprint density at radius 3 is 2.52 bits per heavy atom. The van der Waals surface area contributed by atoms with Crippen LogP contribution in [0.25, 0.3) is 11.3 Å². The number of aryl methyl sites for hydroxylation is 1.